The Kier molecular flexibility index (Phi) is 35.2. The van der Waals surface area contributed by atoms with Crippen molar-refractivity contribution in [2.24, 2.45) is 0 Å². The maximum atomic E-state index is 14.9. The topological polar surface area (TPSA) is 479 Å². The van der Waals surface area contributed by atoms with Crippen LogP contribution in [0.25, 0.3) is 0 Å². The minimum atomic E-state index is -1.76. The van der Waals surface area contributed by atoms with E-state index in [1.807, 2.05) is 6.92 Å². The van der Waals surface area contributed by atoms with Crippen LogP contribution in [0.1, 0.15) is 96.5 Å². The van der Waals surface area contributed by atoms with Gasteiger partial charge in [-0.2, -0.15) is 0 Å². The predicted octanol–water partition coefficient (Wildman–Crippen LogP) is -3.23. The summed E-state index contributed by atoms with van der Waals surface area (Å²) in [6.07, 6.45) is -2.15. The van der Waals surface area contributed by atoms with E-state index in [4.69, 9.17) is 0 Å². The van der Waals surface area contributed by atoms with Gasteiger partial charge in [0.25, 0.3) is 0 Å². The van der Waals surface area contributed by atoms with Gasteiger partial charge in [-0.25, -0.2) is 4.79 Å². The van der Waals surface area contributed by atoms with E-state index in [-0.39, 0.29) is 148 Å². The van der Waals surface area contributed by atoms with Gasteiger partial charge in [0.15, 0.2) is 0 Å². The molecular formula is C62H98N14O20S2. The molecular weight excluding hydrogens is 1320 g/mol. The number of unbranched alkanes of at least 4 members (excludes halogenated alkanes) is 2. The fourth-order valence-corrected chi connectivity index (χ4v) is 14.3. The van der Waals surface area contributed by atoms with E-state index < -0.39 is 157 Å². The second-order valence-electron chi connectivity index (χ2n) is 24.9. The molecule has 0 aliphatic carbocycles. The van der Waals surface area contributed by atoms with Gasteiger partial charge in [0.1, 0.15) is 42.5 Å². The van der Waals surface area contributed by atoms with Gasteiger partial charge in [-0.3, -0.25) is 82.5 Å². The molecule has 1 aromatic carbocycles. The molecule has 1 unspecified atom stereocenters. The molecule has 0 spiro atoms. The molecule has 0 radical (unpaired) electrons. The Morgan fingerprint density at radius 2 is 1.10 bits per heavy atom. The largest absolute Gasteiger partial charge is 0.481 e. The normalized spacial score (nSPS) is 24.1. The van der Waals surface area contributed by atoms with Crippen LogP contribution >= 0.6 is 21.6 Å². The molecule has 10 atom stereocenters. The Balaban J connectivity index is 1.40. The first-order valence-electron chi connectivity index (χ1n) is 33.2. The standard InChI is InChI=1S/C62H98N14O20S2/c1-3-4-19-64-62(96)69-45-38-98-97-37-44(57(91)65-41(32-50(81)82)14-8-9-20-63-48(78)33-71-23-25-72(34-51(83)84)27-29-74(36-53(87)88)30-28-73(26-24-71)35-52(85)86)68-56(90)43(31-40-12-6-5-7-13-40)67-55(89)42(17-18-49(79)80)66-59(93)54(39(2)77)70-58(92)46-15-10-21-75(46)61(95)47-16-11-22-76(47)60(45)94/h5-7,12-13,39,41-47,54,57,65,77,91H,3-4,8-11,14-38H2,1-2H3,(H,63,78)(H,66,93)(H,67,89)(H,68,90)(H,70,92)(H,79,80)(H,81,82)(H,83,84)(H,85,86)(H,87,88)(H2,64,69,96)/t39-,41+,42+,43+,44+,45+,46+,47+,54+,57?/m1/s1. The van der Waals surface area contributed by atoms with Crippen LogP contribution in [-0.4, -0.2) is 319 Å². The predicted molar refractivity (Wildman–Crippen MR) is 357 cm³/mol. The van der Waals surface area contributed by atoms with Gasteiger partial charge in [0, 0.05) is 109 Å². The molecule has 1 aromatic rings. The van der Waals surface area contributed by atoms with Crippen molar-refractivity contribution in [3.8, 4) is 0 Å². The quantitative estimate of drug-likeness (QED) is 0.0223. The number of aliphatic hydroxyl groups excluding tert-OH is 2. The van der Waals surface area contributed by atoms with E-state index in [2.05, 4.69) is 42.5 Å². The lowest BCUT2D eigenvalue weighted by atomic mass is 10.0. The number of carbonyl (C=O) groups excluding carboxylic acids is 8. The summed E-state index contributed by atoms with van der Waals surface area (Å²) in [4.78, 5) is 183. The highest BCUT2D eigenvalue weighted by Crippen LogP contribution is 2.29. The fourth-order valence-electron chi connectivity index (χ4n) is 11.9. The summed E-state index contributed by atoms with van der Waals surface area (Å²) in [5, 5.41) is 93.4. The van der Waals surface area contributed by atoms with Crippen molar-refractivity contribution in [2.45, 2.75) is 158 Å². The molecule has 4 fully saturated rings. The Labute approximate surface area is 576 Å². The van der Waals surface area contributed by atoms with Crippen LogP contribution in [0.3, 0.4) is 0 Å². The van der Waals surface area contributed by atoms with E-state index in [1.54, 1.807) is 49.9 Å². The van der Waals surface area contributed by atoms with Crippen molar-refractivity contribution in [2.75, 3.05) is 116 Å². The molecule has 0 saturated carbocycles. The van der Waals surface area contributed by atoms with Gasteiger partial charge in [0.05, 0.1) is 44.7 Å². The number of rotatable bonds is 28. The Morgan fingerprint density at radius 1 is 0.571 bits per heavy atom. The molecule has 9 amide bonds. The van der Waals surface area contributed by atoms with E-state index in [0.29, 0.717) is 31.2 Å². The van der Waals surface area contributed by atoms with Crippen LogP contribution in [0.15, 0.2) is 30.3 Å². The number of hydrogen-bond acceptors (Lipinski definition) is 22. The molecule has 4 saturated heterocycles. The van der Waals surface area contributed by atoms with Gasteiger partial charge >= 0.3 is 35.9 Å². The molecule has 34 nitrogen and oxygen atoms in total. The number of carbonyl (C=O) groups is 13. The summed E-state index contributed by atoms with van der Waals surface area (Å²) < 4.78 is 0. The molecule has 15 N–H and O–H groups in total. The molecule has 4 aliphatic rings. The number of urea groups is 1. The van der Waals surface area contributed by atoms with Crippen LogP contribution in [0.4, 0.5) is 4.79 Å². The summed E-state index contributed by atoms with van der Waals surface area (Å²) in [6, 6.07) is -3.09. The van der Waals surface area contributed by atoms with Crippen LogP contribution in [0.2, 0.25) is 0 Å². The van der Waals surface area contributed by atoms with Gasteiger partial charge in [0.2, 0.25) is 41.4 Å². The number of aliphatic carboxylic acids is 5. The third kappa shape index (κ3) is 28.8. The summed E-state index contributed by atoms with van der Waals surface area (Å²) in [5.41, 5.74) is 0.518. The molecule has 5 rings (SSSR count). The number of nitrogens with zero attached hydrogens (tertiary/aromatic N) is 6. The SMILES string of the molecule is CCCCNC(=O)N[C@H]1CSSC[C@@H](C(O)N[C@@H](CCCCNC(=O)CN2CCN(CC(=O)O)CCN(CC(=O)O)CCN(CC(=O)O)CC2)CC(=O)O)NC(=O)[C@H](Cc2ccccc2)NC(=O)[C@H](CCC(=O)O)NC(=O)[C@H]([C@@H](C)O)NC(=O)[C@@H]2CCCN2C(=O)[C@@H]2CCCN2C1=O. The fraction of sp³-hybridized carbons (Fsp3) is 0.694. The number of hydrogen-bond donors (Lipinski definition) is 15. The van der Waals surface area contributed by atoms with Crippen molar-refractivity contribution in [3.05, 3.63) is 35.9 Å². The monoisotopic (exact) mass is 1420 g/mol. The Morgan fingerprint density at radius 3 is 1.65 bits per heavy atom. The number of benzene rings is 1. The van der Waals surface area contributed by atoms with E-state index in [9.17, 15) is 98.1 Å². The lowest BCUT2D eigenvalue weighted by molar-refractivity contribution is -0.147. The molecule has 36 heteroatoms. The molecule has 0 aromatic heterocycles. The van der Waals surface area contributed by atoms with Gasteiger partial charge in [-0.15, -0.1) is 0 Å². The van der Waals surface area contributed by atoms with Crippen molar-refractivity contribution in [3.63, 3.8) is 0 Å². The number of carboxylic acid groups (broad SMARTS) is 5. The maximum absolute atomic E-state index is 14.9. The average molecular weight is 1420 g/mol. The minimum absolute atomic E-state index is 0.0978. The molecule has 0 bridgehead atoms. The van der Waals surface area contributed by atoms with Gasteiger partial charge in [-0.05, 0) is 63.9 Å². The first-order valence-corrected chi connectivity index (χ1v) is 35.7. The third-order valence-electron chi connectivity index (χ3n) is 17.1. The summed E-state index contributed by atoms with van der Waals surface area (Å²) in [7, 11) is 2.12. The lowest BCUT2D eigenvalue weighted by Crippen LogP contribution is -2.62. The second-order valence-corrected chi connectivity index (χ2v) is 27.4. The highest BCUT2D eigenvalue weighted by atomic mass is 33.1. The number of amides is 9. The average Bonchev–Trinajstić information content (AvgIpc) is 1.65. The minimum Gasteiger partial charge on any atom is -0.481 e. The zero-order valence-corrected chi connectivity index (χ0v) is 57.2. The van der Waals surface area contributed by atoms with E-state index in [0.717, 1.165) is 28.0 Å². The van der Waals surface area contributed by atoms with Crippen LogP contribution in [0.5, 0.6) is 0 Å². The molecule has 98 heavy (non-hydrogen) atoms. The highest BCUT2D eigenvalue weighted by Gasteiger charge is 2.45. The first kappa shape index (κ1) is 81.2. The van der Waals surface area contributed by atoms with Crippen molar-refractivity contribution >= 4 is 98.8 Å². The van der Waals surface area contributed by atoms with E-state index in [1.165, 1.54) is 16.7 Å². The molecule has 4 aliphatic heterocycles. The summed E-state index contributed by atoms with van der Waals surface area (Å²) in [6.45, 7) is 4.06. The van der Waals surface area contributed by atoms with Crippen LogP contribution in [0, 0.1) is 0 Å². The number of carboxylic acids is 5. The van der Waals surface area contributed by atoms with Crippen molar-refractivity contribution < 1.29 is 98.1 Å². The zero-order chi connectivity index (χ0) is 71.8. The Bertz CT molecular complexity index is 2820. The summed E-state index contributed by atoms with van der Waals surface area (Å²) >= 11 is 0. The third-order valence-corrected chi connectivity index (χ3v) is 19.6. The lowest BCUT2D eigenvalue weighted by Gasteiger charge is -2.33. The number of fused-ring (bicyclic) bond motifs is 2. The second kappa shape index (κ2) is 42.5. The van der Waals surface area contributed by atoms with Crippen LogP contribution < -0.4 is 42.5 Å². The smallest absolute Gasteiger partial charge is 0.317 e. The molecule has 548 valence electrons. The number of nitrogens with one attached hydrogen (secondary N) is 8. The maximum Gasteiger partial charge on any atom is 0.317 e. The van der Waals surface area contributed by atoms with Gasteiger partial charge < -0.3 is 82.8 Å². The van der Waals surface area contributed by atoms with Crippen molar-refractivity contribution in [1.82, 2.24) is 71.9 Å². The summed E-state index contributed by atoms with van der Waals surface area (Å²) in [5.74, 6) is -11.7. The molecule has 4 heterocycles. The Hall–Kier alpha value is -7.45. The van der Waals surface area contributed by atoms with Gasteiger partial charge in [-0.1, -0.05) is 71.7 Å². The highest BCUT2D eigenvalue weighted by molar-refractivity contribution is 8.76. The van der Waals surface area contributed by atoms with E-state index >= 15 is 0 Å². The first-order chi connectivity index (χ1) is 46.7. The van der Waals surface area contributed by atoms with Crippen LogP contribution in [-0.2, 0) is 64.0 Å². The zero-order valence-electron chi connectivity index (χ0n) is 55.5. The van der Waals surface area contributed by atoms with Crippen molar-refractivity contribution in [1.29, 1.82) is 0 Å². The number of aliphatic hydroxyl groups is 2.